The van der Waals surface area contributed by atoms with Crippen molar-refractivity contribution in [3.05, 3.63) is 0 Å². The monoisotopic (exact) mass is 249 g/mol. The van der Waals surface area contributed by atoms with Crippen molar-refractivity contribution in [3.8, 4) is 6.07 Å². The van der Waals surface area contributed by atoms with E-state index >= 15 is 0 Å². The molecule has 0 aromatic heterocycles. The van der Waals surface area contributed by atoms with Crippen molar-refractivity contribution in [3.63, 3.8) is 0 Å². The Kier molecular flexibility index (Phi) is 5.03. The van der Waals surface area contributed by atoms with Gasteiger partial charge in [-0.25, -0.2) is 0 Å². The van der Waals surface area contributed by atoms with Gasteiger partial charge in [-0.2, -0.15) is 5.26 Å². The van der Waals surface area contributed by atoms with Crippen LogP contribution >= 0.6 is 0 Å². The zero-order valence-corrected chi connectivity index (χ0v) is 11.9. The summed E-state index contributed by atoms with van der Waals surface area (Å²) >= 11 is 0. The maximum atomic E-state index is 9.00. The highest BCUT2D eigenvalue weighted by molar-refractivity contribution is 4.90. The SMILES string of the molecule is CC1CN(C)C(CC#N)CN(C2CCCCC2)C1. The van der Waals surface area contributed by atoms with Gasteiger partial charge in [-0.15, -0.1) is 0 Å². The third-order valence-corrected chi connectivity index (χ3v) is 4.63. The number of rotatable bonds is 2. The molecular formula is C15H27N3. The molecule has 0 amide bonds. The van der Waals surface area contributed by atoms with E-state index in [0.29, 0.717) is 12.5 Å². The molecule has 3 heteroatoms. The fourth-order valence-electron chi connectivity index (χ4n) is 3.65. The summed E-state index contributed by atoms with van der Waals surface area (Å²) in [5, 5.41) is 9.00. The minimum Gasteiger partial charge on any atom is -0.301 e. The van der Waals surface area contributed by atoms with Crippen LogP contribution in [0.4, 0.5) is 0 Å². The Morgan fingerprint density at radius 3 is 2.50 bits per heavy atom. The van der Waals surface area contributed by atoms with Crippen LogP contribution < -0.4 is 0 Å². The van der Waals surface area contributed by atoms with Crippen LogP contribution in [0.5, 0.6) is 0 Å². The second kappa shape index (κ2) is 6.54. The standard InChI is InChI=1S/C15H27N3/c1-13-10-17(2)15(8-9-16)12-18(11-13)14-6-4-3-5-7-14/h13-15H,3-8,10-12H2,1-2H3. The first kappa shape index (κ1) is 13.8. The predicted molar refractivity (Wildman–Crippen MR) is 74.3 cm³/mol. The minimum absolute atomic E-state index is 0.432. The van der Waals surface area contributed by atoms with E-state index in [9.17, 15) is 0 Å². The Labute approximate surface area is 112 Å². The number of hydrogen-bond donors (Lipinski definition) is 0. The molecule has 0 N–H and O–H groups in total. The van der Waals surface area contributed by atoms with Crippen LogP contribution in [0.15, 0.2) is 0 Å². The lowest BCUT2D eigenvalue weighted by atomic mass is 9.93. The van der Waals surface area contributed by atoms with E-state index in [1.807, 2.05) is 0 Å². The predicted octanol–water partition coefficient (Wildman–Crippen LogP) is 2.48. The van der Waals surface area contributed by atoms with E-state index in [1.165, 1.54) is 38.6 Å². The smallest absolute Gasteiger partial charge is 0.0638 e. The summed E-state index contributed by atoms with van der Waals surface area (Å²) in [6, 6.07) is 3.58. The van der Waals surface area contributed by atoms with Crippen molar-refractivity contribution in [2.45, 2.75) is 57.5 Å². The highest BCUT2D eigenvalue weighted by Gasteiger charge is 2.30. The Balaban J connectivity index is 2.01. The molecule has 0 aromatic carbocycles. The quantitative estimate of drug-likeness (QED) is 0.753. The Hall–Kier alpha value is -0.590. The van der Waals surface area contributed by atoms with Gasteiger partial charge in [-0.05, 0) is 25.8 Å². The van der Waals surface area contributed by atoms with Gasteiger partial charge in [0, 0.05) is 31.7 Å². The lowest BCUT2D eigenvalue weighted by Crippen LogP contribution is -2.44. The Morgan fingerprint density at radius 2 is 1.83 bits per heavy atom. The summed E-state index contributed by atoms with van der Waals surface area (Å²) in [6.45, 7) is 5.80. The highest BCUT2D eigenvalue weighted by Crippen LogP contribution is 2.26. The largest absolute Gasteiger partial charge is 0.301 e. The van der Waals surface area contributed by atoms with Crippen molar-refractivity contribution in [1.82, 2.24) is 9.80 Å². The van der Waals surface area contributed by atoms with Crippen LogP contribution in [0.1, 0.15) is 45.4 Å². The van der Waals surface area contributed by atoms with Gasteiger partial charge in [0.2, 0.25) is 0 Å². The molecule has 1 heterocycles. The van der Waals surface area contributed by atoms with Crippen LogP contribution in [-0.4, -0.2) is 48.6 Å². The maximum absolute atomic E-state index is 9.00. The van der Waals surface area contributed by atoms with Crippen molar-refractivity contribution in [2.24, 2.45) is 5.92 Å². The molecular weight excluding hydrogens is 222 g/mol. The molecule has 2 fully saturated rings. The van der Waals surface area contributed by atoms with Gasteiger partial charge in [0.15, 0.2) is 0 Å². The van der Waals surface area contributed by atoms with Crippen molar-refractivity contribution >= 4 is 0 Å². The number of likely N-dealkylation sites (N-methyl/N-ethyl adjacent to an activating group) is 1. The lowest BCUT2D eigenvalue weighted by Gasteiger charge is -2.36. The molecule has 2 atom stereocenters. The van der Waals surface area contributed by atoms with Crippen LogP contribution in [0.3, 0.4) is 0 Å². The van der Waals surface area contributed by atoms with E-state index < -0.39 is 0 Å². The van der Waals surface area contributed by atoms with Gasteiger partial charge < -0.3 is 4.90 Å². The van der Waals surface area contributed by atoms with Gasteiger partial charge in [0.05, 0.1) is 12.5 Å². The molecule has 0 radical (unpaired) electrons. The first-order chi connectivity index (χ1) is 8.70. The van der Waals surface area contributed by atoms with Crippen LogP contribution in [0, 0.1) is 17.2 Å². The van der Waals surface area contributed by atoms with Gasteiger partial charge in [0.1, 0.15) is 0 Å². The molecule has 0 aromatic rings. The zero-order valence-electron chi connectivity index (χ0n) is 11.9. The molecule has 2 aliphatic rings. The number of nitrogens with zero attached hydrogens (tertiary/aromatic N) is 3. The lowest BCUT2D eigenvalue weighted by molar-refractivity contribution is 0.133. The van der Waals surface area contributed by atoms with Crippen LogP contribution in [0.25, 0.3) is 0 Å². The molecule has 0 bridgehead atoms. The minimum atomic E-state index is 0.432. The van der Waals surface area contributed by atoms with Gasteiger partial charge in [-0.3, -0.25) is 4.90 Å². The molecule has 0 spiro atoms. The van der Waals surface area contributed by atoms with E-state index in [1.54, 1.807) is 0 Å². The van der Waals surface area contributed by atoms with Gasteiger partial charge in [-0.1, -0.05) is 26.2 Å². The zero-order chi connectivity index (χ0) is 13.0. The van der Waals surface area contributed by atoms with E-state index in [0.717, 1.165) is 25.0 Å². The molecule has 2 unspecified atom stereocenters. The average Bonchev–Trinajstić information content (AvgIpc) is 2.51. The number of hydrogen-bond acceptors (Lipinski definition) is 3. The fourth-order valence-corrected chi connectivity index (χ4v) is 3.65. The first-order valence-electron chi connectivity index (χ1n) is 7.52. The topological polar surface area (TPSA) is 30.3 Å². The summed E-state index contributed by atoms with van der Waals surface area (Å²) in [5.74, 6) is 0.723. The normalized spacial score (nSPS) is 32.9. The van der Waals surface area contributed by atoms with Crippen molar-refractivity contribution < 1.29 is 0 Å². The summed E-state index contributed by atoms with van der Waals surface area (Å²) in [4.78, 5) is 5.09. The third kappa shape index (κ3) is 3.46. The van der Waals surface area contributed by atoms with Crippen molar-refractivity contribution in [2.75, 3.05) is 26.7 Å². The van der Waals surface area contributed by atoms with E-state index in [4.69, 9.17) is 5.26 Å². The molecule has 3 nitrogen and oxygen atoms in total. The Bertz CT molecular complexity index is 291. The van der Waals surface area contributed by atoms with Gasteiger partial charge >= 0.3 is 0 Å². The van der Waals surface area contributed by atoms with Crippen LogP contribution in [-0.2, 0) is 0 Å². The molecule has 1 saturated heterocycles. The van der Waals surface area contributed by atoms with Crippen molar-refractivity contribution in [1.29, 1.82) is 5.26 Å². The molecule has 1 aliphatic heterocycles. The molecule has 1 saturated carbocycles. The summed E-state index contributed by atoms with van der Waals surface area (Å²) in [5.41, 5.74) is 0. The maximum Gasteiger partial charge on any atom is 0.0638 e. The average molecular weight is 249 g/mol. The second-order valence-electron chi connectivity index (χ2n) is 6.31. The highest BCUT2D eigenvalue weighted by atomic mass is 15.2. The van der Waals surface area contributed by atoms with E-state index in [2.05, 4.69) is 29.8 Å². The fraction of sp³-hybridized carbons (Fsp3) is 0.933. The summed E-state index contributed by atoms with van der Waals surface area (Å²) in [7, 11) is 2.18. The second-order valence-corrected chi connectivity index (χ2v) is 6.31. The number of nitriles is 1. The molecule has 2 rings (SSSR count). The van der Waals surface area contributed by atoms with E-state index in [-0.39, 0.29) is 0 Å². The van der Waals surface area contributed by atoms with Gasteiger partial charge in [0.25, 0.3) is 0 Å². The summed E-state index contributed by atoms with van der Waals surface area (Å²) < 4.78 is 0. The summed E-state index contributed by atoms with van der Waals surface area (Å²) in [6.07, 6.45) is 7.63. The first-order valence-corrected chi connectivity index (χ1v) is 7.52. The molecule has 102 valence electrons. The molecule has 1 aliphatic carbocycles. The van der Waals surface area contributed by atoms with Crippen LogP contribution in [0.2, 0.25) is 0 Å². The Morgan fingerprint density at radius 1 is 1.11 bits per heavy atom. The third-order valence-electron chi connectivity index (χ3n) is 4.63. The molecule has 18 heavy (non-hydrogen) atoms.